The summed E-state index contributed by atoms with van der Waals surface area (Å²) < 4.78 is 1.94. The zero-order valence-corrected chi connectivity index (χ0v) is 14.7. The number of carbonyl (C=O) groups excluding carboxylic acids is 1. The Bertz CT molecular complexity index is 803. The molecule has 2 aliphatic carbocycles. The topological polar surface area (TPSA) is 67.2 Å². The normalized spacial score (nSPS) is 18.3. The number of rotatable bonds is 4. The summed E-state index contributed by atoms with van der Waals surface area (Å²) in [6.07, 6.45) is 6.50. The summed E-state index contributed by atoms with van der Waals surface area (Å²) in [5, 5.41) is 18.0. The molecule has 0 bridgehead atoms. The minimum atomic E-state index is -0.739. The Morgan fingerprint density at radius 2 is 2.00 bits per heavy atom. The van der Waals surface area contributed by atoms with Gasteiger partial charge in [-0.25, -0.2) is 4.68 Å². The van der Waals surface area contributed by atoms with Crippen LogP contribution in [0.3, 0.4) is 0 Å². The number of hydrogen-bond acceptors (Lipinski definition) is 3. The van der Waals surface area contributed by atoms with E-state index in [9.17, 15) is 9.90 Å². The van der Waals surface area contributed by atoms with Crippen molar-refractivity contribution in [2.24, 2.45) is 0 Å². The van der Waals surface area contributed by atoms with E-state index in [0.29, 0.717) is 12.2 Å². The second-order valence-corrected chi connectivity index (χ2v) is 7.44. The molecule has 5 heteroatoms. The summed E-state index contributed by atoms with van der Waals surface area (Å²) in [6.45, 7) is 2.38. The smallest absolute Gasteiger partial charge is 0.272 e. The quantitative estimate of drug-likeness (QED) is 0.900. The first-order valence-electron chi connectivity index (χ1n) is 9.25. The molecule has 0 spiro atoms. The number of aromatic nitrogens is 2. The largest absolute Gasteiger partial charge is 0.388 e. The van der Waals surface area contributed by atoms with Crippen LogP contribution in [-0.4, -0.2) is 32.9 Å². The SMILES string of the molecule is Cc1ccccc1-n1nc(C(=O)NCC2(O)CCCC2)c2c1CCC2. The van der Waals surface area contributed by atoms with Gasteiger partial charge in [0.1, 0.15) is 0 Å². The Morgan fingerprint density at radius 3 is 2.76 bits per heavy atom. The number of carbonyl (C=O) groups is 1. The maximum Gasteiger partial charge on any atom is 0.272 e. The highest BCUT2D eigenvalue weighted by molar-refractivity contribution is 5.94. The summed E-state index contributed by atoms with van der Waals surface area (Å²) in [5.74, 6) is -0.161. The van der Waals surface area contributed by atoms with Crippen LogP contribution in [0.4, 0.5) is 0 Å². The summed E-state index contributed by atoms with van der Waals surface area (Å²) in [4.78, 5) is 12.7. The molecule has 0 radical (unpaired) electrons. The predicted octanol–water partition coefficient (Wildman–Crippen LogP) is 2.70. The van der Waals surface area contributed by atoms with Gasteiger partial charge < -0.3 is 10.4 Å². The zero-order chi connectivity index (χ0) is 17.4. The van der Waals surface area contributed by atoms with E-state index in [1.165, 1.54) is 0 Å². The van der Waals surface area contributed by atoms with Crippen LogP contribution in [0.15, 0.2) is 24.3 Å². The number of nitrogens with one attached hydrogen (secondary N) is 1. The number of fused-ring (bicyclic) bond motifs is 1. The van der Waals surface area contributed by atoms with Crippen LogP contribution in [-0.2, 0) is 12.8 Å². The minimum Gasteiger partial charge on any atom is -0.388 e. The van der Waals surface area contributed by atoms with E-state index in [1.54, 1.807) is 0 Å². The summed E-state index contributed by atoms with van der Waals surface area (Å²) in [7, 11) is 0. The van der Waals surface area contributed by atoms with Crippen molar-refractivity contribution < 1.29 is 9.90 Å². The van der Waals surface area contributed by atoms with Gasteiger partial charge in [0.25, 0.3) is 5.91 Å². The van der Waals surface area contributed by atoms with E-state index in [0.717, 1.165) is 67.5 Å². The van der Waals surface area contributed by atoms with Gasteiger partial charge in [0, 0.05) is 17.8 Å². The first-order valence-corrected chi connectivity index (χ1v) is 9.25. The molecule has 1 aromatic carbocycles. The molecule has 1 amide bonds. The number of para-hydroxylation sites is 1. The van der Waals surface area contributed by atoms with Gasteiger partial charge >= 0.3 is 0 Å². The summed E-state index contributed by atoms with van der Waals surface area (Å²) in [5.41, 5.74) is 4.19. The van der Waals surface area contributed by atoms with Gasteiger partial charge in [0.15, 0.2) is 5.69 Å². The van der Waals surface area contributed by atoms with Gasteiger partial charge in [0.2, 0.25) is 0 Å². The highest BCUT2D eigenvalue weighted by Crippen LogP contribution is 2.30. The van der Waals surface area contributed by atoms with Crippen LogP contribution >= 0.6 is 0 Å². The van der Waals surface area contributed by atoms with E-state index in [-0.39, 0.29) is 5.91 Å². The monoisotopic (exact) mass is 339 g/mol. The van der Waals surface area contributed by atoms with Crippen molar-refractivity contribution >= 4 is 5.91 Å². The highest BCUT2D eigenvalue weighted by atomic mass is 16.3. The van der Waals surface area contributed by atoms with Crippen molar-refractivity contribution in [3.63, 3.8) is 0 Å². The third-order valence-corrected chi connectivity index (χ3v) is 5.60. The zero-order valence-electron chi connectivity index (χ0n) is 14.7. The molecular formula is C20H25N3O2. The fourth-order valence-corrected chi connectivity index (χ4v) is 4.16. The van der Waals surface area contributed by atoms with Gasteiger partial charge in [-0.2, -0.15) is 5.10 Å². The Labute approximate surface area is 148 Å². The summed E-state index contributed by atoms with van der Waals surface area (Å²) >= 11 is 0. The van der Waals surface area contributed by atoms with Crippen LogP contribution in [0.2, 0.25) is 0 Å². The van der Waals surface area contributed by atoms with E-state index in [4.69, 9.17) is 0 Å². The standard InChI is InChI=1S/C20H25N3O2/c1-14-7-2-3-9-16(14)23-17-10-6-8-15(17)18(22-23)19(24)21-13-20(25)11-4-5-12-20/h2-3,7,9,25H,4-6,8,10-13H2,1H3,(H,21,24). The fourth-order valence-electron chi connectivity index (χ4n) is 4.16. The lowest BCUT2D eigenvalue weighted by atomic mass is 10.0. The second-order valence-electron chi connectivity index (χ2n) is 7.44. The molecule has 0 atom stereocenters. The maximum atomic E-state index is 12.7. The Kier molecular flexibility index (Phi) is 4.12. The van der Waals surface area contributed by atoms with E-state index in [1.807, 2.05) is 22.9 Å². The maximum absolute atomic E-state index is 12.7. The molecule has 1 heterocycles. The van der Waals surface area contributed by atoms with Crippen molar-refractivity contribution in [2.75, 3.05) is 6.54 Å². The lowest BCUT2D eigenvalue weighted by Crippen LogP contribution is -2.41. The van der Waals surface area contributed by atoms with Gasteiger partial charge in [0.05, 0.1) is 11.3 Å². The first kappa shape index (κ1) is 16.3. The molecule has 0 unspecified atom stereocenters. The lowest BCUT2D eigenvalue weighted by Gasteiger charge is -2.22. The molecular weight excluding hydrogens is 314 g/mol. The van der Waals surface area contributed by atoms with Crippen LogP contribution in [0, 0.1) is 6.92 Å². The minimum absolute atomic E-state index is 0.161. The second kappa shape index (κ2) is 6.30. The molecule has 1 fully saturated rings. The number of nitrogens with zero attached hydrogens (tertiary/aromatic N) is 2. The lowest BCUT2D eigenvalue weighted by molar-refractivity contribution is 0.0448. The first-order chi connectivity index (χ1) is 12.1. The molecule has 132 valence electrons. The van der Waals surface area contributed by atoms with Gasteiger partial charge in [-0.1, -0.05) is 31.0 Å². The average Bonchev–Trinajstić information content (AvgIpc) is 3.30. The Balaban J connectivity index is 1.61. The molecule has 1 saturated carbocycles. The molecule has 5 nitrogen and oxygen atoms in total. The third-order valence-electron chi connectivity index (χ3n) is 5.60. The number of aryl methyl sites for hydroxylation is 1. The van der Waals surface area contributed by atoms with Gasteiger partial charge in [-0.15, -0.1) is 0 Å². The van der Waals surface area contributed by atoms with Crippen LogP contribution in [0.25, 0.3) is 5.69 Å². The summed E-state index contributed by atoms with van der Waals surface area (Å²) in [6, 6.07) is 8.12. The Morgan fingerprint density at radius 1 is 1.24 bits per heavy atom. The van der Waals surface area contributed by atoms with E-state index < -0.39 is 5.60 Å². The molecule has 0 saturated heterocycles. The van der Waals surface area contributed by atoms with Gasteiger partial charge in [-0.3, -0.25) is 4.79 Å². The van der Waals surface area contributed by atoms with Crippen LogP contribution in [0.5, 0.6) is 0 Å². The fraction of sp³-hybridized carbons (Fsp3) is 0.500. The predicted molar refractivity (Wildman–Crippen MR) is 96.1 cm³/mol. The average molecular weight is 339 g/mol. The molecule has 2 N–H and O–H groups in total. The van der Waals surface area contributed by atoms with Gasteiger partial charge in [-0.05, 0) is 50.7 Å². The van der Waals surface area contributed by atoms with Crippen molar-refractivity contribution in [1.82, 2.24) is 15.1 Å². The van der Waals surface area contributed by atoms with Crippen LogP contribution < -0.4 is 5.32 Å². The van der Waals surface area contributed by atoms with Crippen LogP contribution in [0.1, 0.15) is 59.4 Å². The van der Waals surface area contributed by atoms with Crippen molar-refractivity contribution in [3.8, 4) is 5.69 Å². The van der Waals surface area contributed by atoms with E-state index >= 15 is 0 Å². The number of benzene rings is 1. The van der Waals surface area contributed by atoms with E-state index in [2.05, 4.69) is 23.4 Å². The third kappa shape index (κ3) is 2.97. The number of hydrogen-bond donors (Lipinski definition) is 2. The molecule has 0 aliphatic heterocycles. The number of aliphatic hydroxyl groups is 1. The van der Waals surface area contributed by atoms with Crippen molar-refractivity contribution in [3.05, 3.63) is 46.8 Å². The molecule has 1 aromatic heterocycles. The van der Waals surface area contributed by atoms with Crippen molar-refractivity contribution in [1.29, 1.82) is 0 Å². The molecule has 2 aromatic rings. The molecule has 4 rings (SSSR count). The highest BCUT2D eigenvalue weighted by Gasteiger charge is 2.33. The molecule has 2 aliphatic rings. The Hall–Kier alpha value is -2.14. The number of amides is 1. The molecule has 25 heavy (non-hydrogen) atoms. The van der Waals surface area contributed by atoms with Crippen molar-refractivity contribution in [2.45, 2.75) is 57.5 Å².